The third kappa shape index (κ3) is 4.91. The fourth-order valence-corrected chi connectivity index (χ4v) is 3.30. The lowest BCUT2D eigenvalue weighted by Crippen LogP contribution is -2.21. The van der Waals surface area contributed by atoms with E-state index < -0.39 is 0 Å². The van der Waals surface area contributed by atoms with Gasteiger partial charge in [0.2, 0.25) is 0 Å². The van der Waals surface area contributed by atoms with Crippen molar-refractivity contribution in [1.29, 1.82) is 0 Å². The van der Waals surface area contributed by atoms with Crippen molar-refractivity contribution in [1.82, 2.24) is 10.6 Å². The van der Waals surface area contributed by atoms with Crippen LogP contribution >= 0.6 is 0 Å². The molecule has 0 heterocycles. The van der Waals surface area contributed by atoms with Gasteiger partial charge in [0.25, 0.3) is 0 Å². The summed E-state index contributed by atoms with van der Waals surface area (Å²) in [5.41, 5.74) is 3.31. The summed E-state index contributed by atoms with van der Waals surface area (Å²) in [5.74, 6) is 1.64. The summed E-state index contributed by atoms with van der Waals surface area (Å²) in [6.07, 6.45) is 2.22. The van der Waals surface area contributed by atoms with Crippen LogP contribution in [0.4, 0.5) is 0 Å². The molecule has 1 aliphatic rings. The number of hydrogen-bond acceptors (Lipinski definition) is 5. The molecule has 0 spiro atoms. The molecular weight excluding hydrogens is 352 g/mol. The first-order valence-corrected chi connectivity index (χ1v) is 10.2. The number of nitrogens with one attached hydrogen (secondary N) is 2. The smallest absolute Gasteiger partial charge is 0.194 e. The lowest BCUT2D eigenvalue weighted by atomic mass is 10.1. The Kier molecular flexibility index (Phi) is 7.46. The summed E-state index contributed by atoms with van der Waals surface area (Å²) >= 11 is 0. The van der Waals surface area contributed by atoms with Crippen LogP contribution in [-0.2, 0) is 0 Å². The molecule has 3 rings (SSSR count). The average Bonchev–Trinajstić information content (AvgIpc) is 2.99. The Morgan fingerprint density at radius 1 is 0.679 bits per heavy atom. The molecule has 150 valence electrons. The number of hydrogen-bond donors (Lipinski definition) is 2. The summed E-state index contributed by atoms with van der Waals surface area (Å²) in [6.45, 7) is 9.10. The minimum atomic E-state index is 0.0670. The minimum Gasteiger partial charge on any atom is -0.492 e. The van der Waals surface area contributed by atoms with E-state index in [1.165, 1.54) is 0 Å². The molecule has 28 heavy (non-hydrogen) atoms. The fourth-order valence-electron chi connectivity index (χ4n) is 3.30. The highest BCUT2D eigenvalue weighted by Gasteiger charge is 2.27. The van der Waals surface area contributed by atoms with Gasteiger partial charge in [-0.15, -0.1) is 0 Å². The normalized spacial score (nSPS) is 12.0. The number of benzene rings is 2. The van der Waals surface area contributed by atoms with Crippen LogP contribution in [0.3, 0.4) is 0 Å². The van der Waals surface area contributed by atoms with E-state index in [1.807, 2.05) is 36.4 Å². The van der Waals surface area contributed by atoms with Crippen molar-refractivity contribution in [2.45, 2.75) is 26.7 Å². The summed E-state index contributed by atoms with van der Waals surface area (Å²) in [5, 5.41) is 6.64. The number of carbonyl (C=O) groups excluding carboxylic acids is 1. The Labute approximate surface area is 167 Å². The van der Waals surface area contributed by atoms with E-state index in [1.54, 1.807) is 0 Å². The van der Waals surface area contributed by atoms with Crippen LogP contribution in [0.15, 0.2) is 36.4 Å². The van der Waals surface area contributed by atoms with Gasteiger partial charge in [0, 0.05) is 24.2 Å². The molecule has 2 N–H and O–H groups in total. The summed E-state index contributed by atoms with van der Waals surface area (Å²) in [7, 11) is 0. The zero-order valence-corrected chi connectivity index (χ0v) is 16.8. The van der Waals surface area contributed by atoms with Crippen molar-refractivity contribution in [3.63, 3.8) is 0 Å². The monoisotopic (exact) mass is 382 g/mol. The van der Waals surface area contributed by atoms with Crippen molar-refractivity contribution in [3.05, 3.63) is 47.5 Å². The standard InChI is InChI=1S/C23H30N2O3/c1-3-9-24-11-13-27-17-5-7-19-21(15-17)22-16-18(6-8-20(22)23(19)26)28-14-12-25-10-4-2/h5-8,15-16,24-25H,3-4,9-14H2,1-2H3. The van der Waals surface area contributed by atoms with Crippen molar-refractivity contribution in [2.24, 2.45) is 0 Å². The summed E-state index contributed by atoms with van der Waals surface area (Å²) in [4.78, 5) is 12.7. The Morgan fingerprint density at radius 2 is 1.14 bits per heavy atom. The zero-order chi connectivity index (χ0) is 19.8. The second kappa shape index (κ2) is 10.2. The van der Waals surface area contributed by atoms with Gasteiger partial charge in [-0.1, -0.05) is 13.8 Å². The molecule has 5 nitrogen and oxygen atoms in total. The van der Waals surface area contributed by atoms with Crippen LogP contribution in [0.25, 0.3) is 11.1 Å². The molecular formula is C23H30N2O3. The molecule has 0 unspecified atom stereocenters. The number of fused-ring (bicyclic) bond motifs is 3. The molecule has 0 atom stereocenters. The predicted molar refractivity (Wildman–Crippen MR) is 113 cm³/mol. The molecule has 5 heteroatoms. The van der Waals surface area contributed by atoms with Gasteiger partial charge in [-0.05, 0) is 73.5 Å². The van der Waals surface area contributed by atoms with Crippen molar-refractivity contribution < 1.29 is 14.3 Å². The van der Waals surface area contributed by atoms with E-state index in [0.29, 0.717) is 13.2 Å². The Bertz CT molecular complexity index is 739. The van der Waals surface area contributed by atoms with Gasteiger partial charge in [0.05, 0.1) is 0 Å². The number of ether oxygens (including phenoxy) is 2. The van der Waals surface area contributed by atoms with Crippen LogP contribution < -0.4 is 20.1 Å². The maximum absolute atomic E-state index is 12.7. The predicted octanol–water partition coefficient (Wildman–Crippen LogP) is 3.65. The average molecular weight is 383 g/mol. The van der Waals surface area contributed by atoms with Crippen LogP contribution in [0, 0.1) is 0 Å². The topological polar surface area (TPSA) is 59.6 Å². The quantitative estimate of drug-likeness (QED) is 0.468. The van der Waals surface area contributed by atoms with Crippen LogP contribution in [0.1, 0.15) is 42.6 Å². The third-order valence-corrected chi connectivity index (χ3v) is 4.71. The van der Waals surface area contributed by atoms with Gasteiger partial charge in [0.15, 0.2) is 5.78 Å². The molecule has 0 bridgehead atoms. The highest BCUT2D eigenvalue weighted by atomic mass is 16.5. The molecule has 1 aliphatic carbocycles. The lowest BCUT2D eigenvalue weighted by molar-refractivity contribution is 0.104. The molecule has 0 saturated carbocycles. The number of rotatable bonds is 12. The van der Waals surface area contributed by atoms with E-state index in [-0.39, 0.29) is 5.78 Å². The molecule has 2 aromatic carbocycles. The lowest BCUT2D eigenvalue weighted by Gasteiger charge is -2.10. The highest BCUT2D eigenvalue weighted by molar-refractivity contribution is 6.21. The Morgan fingerprint density at radius 3 is 1.57 bits per heavy atom. The van der Waals surface area contributed by atoms with E-state index >= 15 is 0 Å². The van der Waals surface area contributed by atoms with E-state index in [2.05, 4.69) is 24.5 Å². The van der Waals surface area contributed by atoms with Crippen molar-refractivity contribution in [2.75, 3.05) is 39.4 Å². The van der Waals surface area contributed by atoms with Crippen LogP contribution in [0.2, 0.25) is 0 Å². The van der Waals surface area contributed by atoms with Crippen LogP contribution in [-0.4, -0.2) is 45.2 Å². The first-order chi connectivity index (χ1) is 13.7. The Balaban J connectivity index is 1.68. The molecule has 0 amide bonds. The summed E-state index contributed by atoms with van der Waals surface area (Å²) in [6, 6.07) is 11.4. The van der Waals surface area contributed by atoms with Crippen molar-refractivity contribution >= 4 is 5.78 Å². The third-order valence-electron chi connectivity index (χ3n) is 4.71. The second-order valence-corrected chi connectivity index (χ2v) is 6.94. The molecule has 2 aromatic rings. The van der Waals surface area contributed by atoms with Gasteiger partial charge in [-0.25, -0.2) is 0 Å². The second-order valence-electron chi connectivity index (χ2n) is 6.94. The molecule has 0 fully saturated rings. The van der Waals surface area contributed by atoms with Gasteiger partial charge in [-0.2, -0.15) is 0 Å². The zero-order valence-electron chi connectivity index (χ0n) is 16.8. The highest BCUT2D eigenvalue weighted by Crippen LogP contribution is 2.40. The Hall–Kier alpha value is -2.37. The largest absolute Gasteiger partial charge is 0.492 e. The fraction of sp³-hybridized carbons (Fsp3) is 0.435. The van der Waals surface area contributed by atoms with Gasteiger partial charge < -0.3 is 20.1 Å². The van der Waals surface area contributed by atoms with Crippen molar-refractivity contribution in [3.8, 4) is 22.6 Å². The van der Waals surface area contributed by atoms with Gasteiger partial charge in [-0.3, -0.25) is 4.79 Å². The summed E-state index contributed by atoms with van der Waals surface area (Å²) < 4.78 is 11.7. The SMILES string of the molecule is CCCNCCOc1ccc2c(c1)-c1cc(OCCNCCC)ccc1C2=O. The van der Waals surface area contributed by atoms with Gasteiger partial charge in [0.1, 0.15) is 24.7 Å². The van der Waals surface area contributed by atoms with E-state index in [4.69, 9.17) is 9.47 Å². The molecule has 0 radical (unpaired) electrons. The first-order valence-electron chi connectivity index (χ1n) is 10.2. The van der Waals surface area contributed by atoms with E-state index in [0.717, 1.165) is 72.8 Å². The van der Waals surface area contributed by atoms with E-state index in [9.17, 15) is 4.79 Å². The van der Waals surface area contributed by atoms with Crippen LogP contribution in [0.5, 0.6) is 11.5 Å². The first kappa shape index (κ1) is 20.4. The number of carbonyl (C=O) groups is 1. The number of ketones is 1. The minimum absolute atomic E-state index is 0.0670. The molecule has 0 aromatic heterocycles. The maximum Gasteiger partial charge on any atom is 0.194 e. The molecule has 0 aliphatic heterocycles. The van der Waals surface area contributed by atoms with Gasteiger partial charge >= 0.3 is 0 Å². The molecule has 0 saturated heterocycles. The maximum atomic E-state index is 12.7.